The van der Waals surface area contributed by atoms with E-state index in [1.165, 1.54) is 17.7 Å². The van der Waals surface area contributed by atoms with Crippen molar-refractivity contribution >= 4 is 22.8 Å². The third-order valence-corrected chi connectivity index (χ3v) is 5.33. The molecule has 1 saturated heterocycles. The van der Waals surface area contributed by atoms with Crippen molar-refractivity contribution in [1.29, 1.82) is 5.41 Å². The minimum Gasteiger partial charge on any atom is -0.346 e. The molecule has 0 aliphatic carbocycles. The molecule has 1 aliphatic heterocycles. The van der Waals surface area contributed by atoms with Crippen LogP contribution in [0.3, 0.4) is 0 Å². The highest BCUT2D eigenvalue weighted by Crippen LogP contribution is 2.31. The number of hydrogen-bond donors (Lipinski definition) is 3. The Morgan fingerprint density at radius 3 is 2.81 bits per heavy atom. The zero-order valence-electron chi connectivity index (χ0n) is 16.1. The van der Waals surface area contributed by atoms with E-state index in [1.54, 1.807) is 7.05 Å². The molecule has 0 bridgehead atoms. The van der Waals surface area contributed by atoms with Gasteiger partial charge in [-0.15, -0.1) is 0 Å². The summed E-state index contributed by atoms with van der Waals surface area (Å²) < 4.78 is 0. The number of unbranched alkanes of at least 4 members (excludes halogenated alkanes) is 1. The molecule has 1 fully saturated rings. The minimum absolute atomic E-state index is 0.0440. The van der Waals surface area contributed by atoms with Crippen LogP contribution in [0.1, 0.15) is 57.7 Å². The first kappa shape index (κ1) is 18.4. The van der Waals surface area contributed by atoms with Gasteiger partial charge >= 0.3 is 0 Å². The van der Waals surface area contributed by atoms with Gasteiger partial charge in [-0.05, 0) is 43.4 Å². The molecule has 1 aliphatic rings. The molecule has 1 aromatic carbocycles. The van der Waals surface area contributed by atoms with E-state index in [1.807, 2.05) is 19.1 Å². The molecular weight excluding hydrogens is 326 g/mol. The Hall–Kier alpha value is -2.37. The summed E-state index contributed by atoms with van der Waals surface area (Å²) in [5.41, 5.74) is 2.55. The van der Waals surface area contributed by atoms with Gasteiger partial charge in [-0.2, -0.15) is 5.10 Å². The number of nitrogens with zero attached hydrogens (tertiary/aromatic N) is 2. The fraction of sp³-hybridized carbons (Fsp3) is 0.550. The van der Waals surface area contributed by atoms with Crippen molar-refractivity contribution in [2.75, 3.05) is 7.05 Å². The van der Waals surface area contributed by atoms with Crippen LogP contribution in [0.5, 0.6) is 0 Å². The number of nitrogens with one attached hydrogen (secondary N) is 3. The zero-order chi connectivity index (χ0) is 18.9. The van der Waals surface area contributed by atoms with Crippen molar-refractivity contribution in [1.82, 2.24) is 20.4 Å². The van der Waals surface area contributed by atoms with Crippen LogP contribution < -0.4 is 5.32 Å². The quantitative estimate of drug-likeness (QED) is 0.693. The SMILES string of the molecule is CC(C)CCCCc1n[nH]c2ccc([C@]3(C)CC(=O)N(C)C(=N)N3)cc12. The first-order valence-electron chi connectivity index (χ1n) is 9.41. The molecule has 0 spiro atoms. The van der Waals surface area contributed by atoms with Gasteiger partial charge in [-0.25, -0.2) is 0 Å². The lowest BCUT2D eigenvalue weighted by Crippen LogP contribution is -2.58. The minimum atomic E-state index is -0.568. The van der Waals surface area contributed by atoms with Crippen LogP contribution in [0.15, 0.2) is 18.2 Å². The fourth-order valence-corrected chi connectivity index (χ4v) is 3.56. The summed E-state index contributed by atoms with van der Waals surface area (Å²) >= 11 is 0. The first-order chi connectivity index (χ1) is 12.3. The molecule has 140 valence electrons. The van der Waals surface area contributed by atoms with E-state index < -0.39 is 5.54 Å². The van der Waals surface area contributed by atoms with Gasteiger partial charge in [0.25, 0.3) is 0 Å². The van der Waals surface area contributed by atoms with Crippen molar-refractivity contribution < 1.29 is 4.79 Å². The number of aromatic nitrogens is 2. The Kier molecular flexibility index (Phi) is 5.03. The average molecular weight is 355 g/mol. The molecular formula is C20H29N5O. The summed E-state index contributed by atoms with van der Waals surface area (Å²) in [6, 6.07) is 6.16. The van der Waals surface area contributed by atoms with Crippen LogP contribution in [0, 0.1) is 11.3 Å². The van der Waals surface area contributed by atoms with E-state index in [9.17, 15) is 4.79 Å². The van der Waals surface area contributed by atoms with Gasteiger partial charge in [0.2, 0.25) is 5.91 Å². The maximum Gasteiger partial charge on any atom is 0.231 e. The molecule has 1 aromatic heterocycles. The molecule has 1 atom stereocenters. The predicted molar refractivity (Wildman–Crippen MR) is 104 cm³/mol. The van der Waals surface area contributed by atoms with Gasteiger partial charge in [0.05, 0.1) is 23.2 Å². The Morgan fingerprint density at radius 2 is 2.12 bits per heavy atom. The van der Waals surface area contributed by atoms with E-state index in [4.69, 9.17) is 5.41 Å². The standard InChI is InChI=1S/C20H29N5O/c1-13(2)7-5-6-8-16-15-11-14(9-10-17(15)24-23-16)20(3)12-18(26)25(4)19(21)22-20/h9-11,13H,5-8,12H2,1-4H3,(H2,21,22)(H,23,24)/t20-/m0/s1. The third kappa shape index (κ3) is 3.59. The number of aryl methyl sites for hydroxylation is 1. The number of aromatic amines is 1. The lowest BCUT2D eigenvalue weighted by Gasteiger charge is -2.39. The second-order valence-corrected chi connectivity index (χ2v) is 8.01. The van der Waals surface area contributed by atoms with Gasteiger partial charge in [-0.3, -0.25) is 20.2 Å². The maximum absolute atomic E-state index is 12.2. The maximum atomic E-state index is 12.2. The molecule has 26 heavy (non-hydrogen) atoms. The van der Waals surface area contributed by atoms with Gasteiger partial charge < -0.3 is 5.32 Å². The highest BCUT2D eigenvalue weighted by Gasteiger charge is 2.38. The monoisotopic (exact) mass is 355 g/mol. The van der Waals surface area contributed by atoms with Gasteiger partial charge in [0.1, 0.15) is 0 Å². The van der Waals surface area contributed by atoms with Crippen molar-refractivity contribution in [3.8, 4) is 0 Å². The second-order valence-electron chi connectivity index (χ2n) is 8.01. The number of rotatable bonds is 6. The topological polar surface area (TPSA) is 84.9 Å². The molecule has 6 nitrogen and oxygen atoms in total. The van der Waals surface area contributed by atoms with Gasteiger partial charge in [0, 0.05) is 12.4 Å². The number of H-pyrrole nitrogens is 1. The molecule has 2 heterocycles. The fourth-order valence-electron chi connectivity index (χ4n) is 3.56. The van der Waals surface area contributed by atoms with Gasteiger partial charge in [-0.1, -0.05) is 32.8 Å². The van der Waals surface area contributed by atoms with Crippen LogP contribution in [0.4, 0.5) is 0 Å². The number of benzene rings is 1. The van der Waals surface area contributed by atoms with Crippen molar-refractivity contribution in [3.63, 3.8) is 0 Å². The van der Waals surface area contributed by atoms with E-state index >= 15 is 0 Å². The van der Waals surface area contributed by atoms with E-state index in [0.29, 0.717) is 6.42 Å². The molecule has 0 radical (unpaired) electrons. The summed E-state index contributed by atoms with van der Waals surface area (Å²) in [5.74, 6) is 0.836. The van der Waals surface area contributed by atoms with Crippen molar-refractivity contribution in [3.05, 3.63) is 29.5 Å². The number of fused-ring (bicyclic) bond motifs is 1. The van der Waals surface area contributed by atoms with Crippen LogP contribution >= 0.6 is 0 Å². The van der Waals surface area contributed by atoms with Crippen molar-refractivity contribution in [2.24, 2.45) is 5.92 Å². The van der Waals surface area contributed by atoms with Crippen LogP contribution in [0.2, 0.25) is 0 Å². The Balaban J connectivity index is 1.83. The molecule has 6 heteroatoms. The molecule has 2 aromatic rings. The van der Waals surface area contributed by atoms with Crippen LogP contribution in [0.25, 0.3) is 10.9 Å². The lowest BCUT2D eigenvalue weighted by atomic mass is 9.86. The summed E-state index contributed by atoms with van der Waals surface area (Å²) in [6.45, 7) is 6.49. The van der Waals surface area contributed by atoms with Crippen molar-refractivity contribution in [2.45, 2.75) is 58.4 Å². The van der Waals surface area contributed by atoms with Crippen LogP contribution in [-0.2, 0) is 16.8 Å². The average Bonchev–Trinajstić information content (AvgIpc) is 2.99. The predicted octanol–water partition coefficient (Wildman–Crippen LogP) is 3.53. The lowest BCUT2D eigenvalue weighted by molar-refractivity contribution is -0.129. The smallest absolute Gasteiger partial charge is 0.231 e. The number of guanidine groups is 1. The Bertz CT molecular complexity index is 805. The summed E-state index contributed by atoms with van der Waals surface area (Å²) in [4.78, 5) is 13.6. The van der Waals surface area contributed by atoms with E-state index in [-0.39, 0.29) is 11.9 Å². The Morgan fingerprint density at radius 1 is 1.35 bits per heavy atom. The highest BCUT2D eigenvalue weighted by molar-refractivity contribution is 5.99. The molecule has 3 N–H and O–H groups in total. The van der Waals surface area contributed by atoms with E-state index in [0.717, 1.165) is 40.9 Å². The summed E-state index contributed by atoms with van der Waals surface area (Å²) in [6.07, 6.45) is 4.87. The highest BCUT2D eigenvalue weighted by atomic mass is 16.2. The van der Waals surface area contributed by atoms with E-state index in [2.05, 4.69) is 35.4 Å². The first-order valence-corrected chi connectivity index (χ1v) is 9.41. The molecule has 1 amide bonds. The van der Waals surface area contributed by atoms with Crippen LogP contribution in [-0.4, -0.2) is 34.0 Å². The number of carbonyl (C=O) groups is 1. The molecule has 0 unspecified atom stereocenters. The Labute approximate surface area is 154 Å². The van der Waals surface area contributed by atoms with Gasteiger partial charge in [0.15, 0.2) is 5.96 Å². The molecule has 0 saturated carbocycles. The number of carbonyl (C=O) groups excluding carboxylic acids is 1. The zero-order valence-corrected chi connectivity index (χ0v) is 16.1. The number of hydrogen-bond acceptors (Lipinski definition) is 3. The largest absolute Gasteiger partial charge is 0.346 e. The summed E-state index contributed by atoms with van der Waals surface area (Å²) in [5, 5.41) is 20.0. The normalized spacial score (nSPS) is 20.9. The summed E-state index contributed by atoms with van der Waals surface area (Å²) in [7, 11) is 1.63. The molecule has 3 rings (SSSR count). The second kappa shape index (κ2) is 7.09. The third-order valence-electron chi connectivity index (χ3n) is 5.33. The number of amides is 1.